The van der Waals surface area contributed by atoms with Gasteiger partial charge in [0.05, 0.1) is 6.61 Å². The van der Waals surface area contributed by atoms with Gasteiger partial charge in [-0.2, -0.15) is 0 Å². The smallest absolute Gasteiger partial charge is 0.331 e. The van der Waals surface area contributed by atoms with Gasteiger partial charge in [0.1, 0.15) is 0 Å². The van der Waals surface area contributed by atoms with Crippen LogP contribution in [0.3, 0.4) is 0 Å². The summed E-state index contributed by atoms with van der Waals surface area (Å²) in [6.07, 6.45) is 4.86. The summed E-state index contributed by atoms with van der Waals surface area (Å²) in [5.74, 6) is -0.324. The maximum absolute atomic E-state index is 11.2. The van der Waals surface area contributed by atoms with Crippen LogP contribution in [0.2, 0.25) is 0 Å². The highest BCUT2D eigenvalue weighted by atomic mass is 79.9. The van der Waals surface area contributed by atoms with Crippen LogP contribution in [0.4, 0.5) is 0 Å². The highest BCUT2D eigenvalue weighted by Gasteiger charge is 2.01. The standard InChI is InChI=1S/C11H12BrNO2/c1-3-15-11(14)4-8(2)9-5-10(12)7-13-6-9/h4-7H,3H2,1-2H3/b8-4-. The monoisotopic (exact) mass is 269 g/mol. The van der Waals surface area contributed by atoms with E-state index in [1.807, 2.05) is 13.0 Å². The van der Waals surface area contributed by atoms with Crippen molar-refractivity contribution in [2.45, 2.75) is 13.8 Å². The predicted octanol–water partition coefficient (Wildman–Crippen LogP) is 2.81. The van der Waals surface area contributed by atoms with Crippen molar-refractivity contribution in [3.05, 3.63) is 34.6 Å². The number of aromatic nitrogens is 1. The second kappa shape index (κ2) is 5.66. The number of hydrogen-bond acceptors (Lipinski definition) is 3. The van der Waals surface area contributed by atoms with Crippen molar-refractivity contribution in [3.63, 3.8) is 0 Å². The Hall–Kier alpha value is -1.16. The zero-order valence-electron chi connectivity index (χ0n) is 8.66. The molecular weight excluding hydrogens is 258 g/mol. The zero-order chi connectivity index (χ0) is 11.3. The number of carbonyl (C=O) groups is 1. The highest BCUT2D eigenvalue weighted by molar-refractivity contribution is 9.10. The number of nitrogens with zero attached hydrogens (tertiary/aromatic N) is 1. The van der Waals surface area contributed by atoms with Crippen molar-refractivity contribution in [2.24, 2.45) is 0 Å². The van der Waals surface area contributed by atoms with Crippen molar-refractivity contribution >= 4 is 27.5 Å². The van der Waals surface area contributed by atoms with Crippen LogP contribution in [-0.4, -0.2) is 17.6 Å². The number of pyridine rings is 1. The Balaban J connectivity index is 2.84. The maximum Gasteiger partial charge on any atom is 0.331 e. The Morgan fingerprint density at radius 2 is 2.33 bits per heavy atom. The average Bonchev–Trinajstić information content (AvgIpc) is 2.18. The Bertz CT molecular complexity index is 388. The van der Waals surface area contributed by atoms with E-state index in [2.05, 4.69) is 20.9 Å². The minimum atomic E-state index is -0.324. The summed E-state index contributed by atoms with van der Waals surface area (Å²) in [6.45, 7) is 4.02. The minimum absolute atomic E-state index is 0.324. The van der Waals surface area contributed by atoms with Gasteiger partial charge in [-0.05, 0) is 47.0 Å². The van der Waals surface area contributed by atoms with Gasteiger partial charge in [-0.15, -0.1) is 0 Å². The zero-order valence-corrected chi connectivity index (χ0v) is 10.2. The first-order chi connectivity index (χ1) is 7.13. The van der Waals surface area contributed by atoms with E-state index in [1.165, 1.54) is 6.08 Å². The largest absolute Gasteiger partial charge is 0.463 e. The summed E-state index contributed by atoms with van der Waals surface area (Å²) in [6, 6.07) is 1.90. The molecule has 0 fully saturated rings. The number of rotatable bonds is 3. The Kier molecular flexibility index (Phi) is 4.49. The summed E-state index contributed by atoms with van der Waals surface area (Å²) in [5, 5.41) is 0. The molecule has 0 N–H and O–H groups in total. The lowest BCUT2D eigenvalue weighted by molar-refractivity contribution is -0.137. The molecule has 0 aliphatic heterocycles. The van der Waals surface area contributed by atoms with Gasteiger partial charge in [0.25, 0.3) is 0 Å². The van der Waals surface area contributed by atoms with Gasteiger partial charge in [0.2, 0.25) is 0 Å². The Morgan fingerprint density at radius 3 is 2.93 bits per heavy atom. The molecule has 0 saturated carbocycles. The van der Waals surface area contributed by atoms with Crippen LogP contribution in [0.1, 0.15) is 19.4 Å². The number of allylic oxidation sites excluding steroid dienone is 1. The number of esters is 1. The molecule has 0 aliphatic rings. The number of carbonyl (C=O) groups excluding carboxylic acids is 1. The first kappa shape index (κ1) is 11.9. The minimum Gasteiger partial charge on any atom is -0.463 e. The molecule has 0 spiro atoms. The molecule has 80 valence electrons. The van der Waals surface area contributed by atoms with E-state index in [4.69, 9.17) is 4.74 Å². The van der Waals surface area contributed by atoms with Crippen LogP contribution in [0.25, 0.3) is 5.57 Å². The van der Waals surface area contributed by atoms with Crippen LogP contribution in [0.15, 0.2) is 29.0 Å². The Morgan fingerprint density at radius 1 is 1.60 bits per heavy atom. The number of ether oxygens (including phenoxy) is 1. The fraction of sp³-hybridized carbons (Fsp3) is 0.273. The number of halogens is 1. The molecule has 3 nitrogen and oxygen atoms in total. The molecule has 0 bridgehead atoms. The lowest BCUT2D eigenvalue weighted by Crippen LogP contribution is -2.00. The topological polar surface area (TPSA) is 39.2 Å². The van der Waals surface area contributed by atoms with E-state index in [9.17, 15) is 4.79 Å². The molecule has 1 aromatic rings. The third-order valence-corrected chi connectivity index (χ3v) is 2.21. The van der Waals surface area contributed by atoms with Crippen LogP contribution in [0, 0.1) is 0 Å². The molecule has 0 atom stereocenters. The molecule has 15 heavy (non-hydrogen) atoms. The van der Waals surface area contributed by atoms with Crippen LogP contribution >= 0.6 is 15.9 Å². The van der Waals surface area contributed by atoms with E-state index in [-0.39, 0.29) is 5.97 Å². The van der Waals surface area contributed by atoms with Crippen molar-refractivity contribution in [1.82, 2.24) is 4.98 Å². The van der Waals surface area contributed by atoms with Gasteiger partial charge in [-0.25, -0.2) is 4.79 Å². The molecule has 0 aromatic carbocycles. The highest BCUT2D eigenvalue weighted by Crippen LogP contribution is 2.17. The summed E-state index contributed by atoms with van der Waals surface area (Å²) < 4.78 is 5.70. The Labute approximate surface area is 97.3 Å². The third-order valence-electron chi connectivity index (χ3n) is 1.78. The second-order valence-corrected chi connectivity index (χ2v) is 3.89. The lowest BCUT2D eigenvalue weighted by atomic mass is 10.1. The van der Waals surface area contributed by atoms with E-state index < -0.39 is 0 Å². The lowest BCUT2D eigenvalue weighted by Gasteiger charge is -2.01. The van der Waals surface area contributed by atoms with Gasteiger partial charge in [0.15, 0.2) is 0 Å². The summed E-state index contributed by atoms with van der Waals surface area (Å²) >= 11 is 3.32. The van der Waals surface area contributed by atoms with Crippen molar-refractivity contribution in [1.29, 1.82) is 0 Å². The third kappa shape index (κ3) is 3.83. The molecule has 0 amide bonds. The molecule has 1 aromatic heterocycles. The normalized spacial score (nSPS) is 11.3. The summed E-state index contributed by atoms with van der Waals surface area (Å²) in [4.78, 5) is 15.2. The molecule has 0 saturated heterocycles. The molecule has 0 radical (unpaired) electrons. The van der Waals surface area contributed by atoms with Crippen LogP contribution in [0.5, 0.6) is 0 Å². The van der Waals surface area contributed by atoms with Crippen molar-refractivity contribution < 1.29 is 9.53 Å². The first-order valence-electron chi connectivity index (χ1n) is 4.59. The van der Waals surface area contributed by atoms with Gasteiger partial charge in [-0.1, -0.05) is 0 Å². The first-order valence-corrected chi connectivity index (χ1v) is 5.38. The second-order valence-electron chi connectivity index (χ2n) is 2.97. The quantitative estimate of drug-likeness (QED) is 0.626. The molecule has 1 rings (SSSR count). The van der Waals surface area contributed by atoms with E-state index in [0.717, 1.165) is 15.6 Å². The maximum atomic E-state index is 11.2. The molecule has 0 unspecified atom stereocenters. The van der Waals surface area contributed by atoms with Gasteiger partial charge < -0.3 is 4.74 Å². The van der Waals surface area contributed by atoms with Gasteiger partial charge in [-0.3, -0.25) is 4.98 Å². The van der Waals surface area contributed by atoms with Crippen molar-refractivity contribution in [3.8, 4) is 0 Å². The average molecular weight is 270 g/mol. The molecular formula is C11H12BrNO2. The van der Waals surface area contributed by atoms with Crippen molar-refractivity contribution in [2.75, 3.05) is 6.61 Å². The molecule has 4 heteroatoms. The summed E-state index contributed by atoms with van der Waals surface area (Å²) in [7, 11) is 0. The predicted molar refractivity (Wildman–Crippen MR) is 62.2 cm³/mol. The SMILES string of the molecule is CCOC(=O)/C=C(/C)c1cncc(Br)c1. The molecule has 1 heterocycles. The van der Waals surface area contributed by atoms with Gasteiger partial charge >= 0.3 is 5.97 Å². The fourth-order valence-electron chi connectivity index (χ4n) is 1.07. The van der Waals surface area contributed by atoms with E-state index >= 15 is 0 Å². The van der Waals surface area contributed by atoms with E-state index in [1.54, 1.807) is 19.3 Å². The fourth-order valence-corrected chi connectivity index (χ4v) is 1.44. The summed E-state index contributed by atoms with van der Waals surface area (Å²) in [5.41, 5.74) is 1.74. The molecule has 0 aliphatic carbocycles. The number of hydrogen-bond donors (Lipinski definition) is 0. The van der Waals surface area contributed by atoms with Crippen LogP contribution < -0.4 is 0 Å². The van der Waals surface area contributed by atoms with Gasteiger partial charge in [0, 0.05) is 22.9 Å². The van der Waals surface area contributed by atoms with Crippen LogP contribution in [-0.2, 0) is 9.53 Å². The van der Waals surface area contributed by atoms with E-state index in [0.29, 0.717) is 6.61 Å².